The summed E-state index contributed by atoms with van der Waals surface area (Å²) in [6, 6.07) is 4.72. The molecule has 0 saturated carbocycles. The smallest absolute Gasteiger partial charge is 0.140 e. The van der Waals surface area contributed by atoms with Crippen molar-refractivity contribution in [2.75, 3.05) is 6.61 Å². The van der Waals surface area contributed by atoms with Gasteiger partial charge in [-0.3, -0.25) is 0 Å². The van der Waals surface area contributed by atoms with Gasteiger partial charge in [0.2, 0.25) is 0 Å². The van der Waals surface area contributed by atoms with Crippen LogP contribution >= 0.6 is 0 Å². The summed E-state index contributed by atoms with van der Waals surface area (Å²) in [6.07, 6.45) is 1.50. The normalized spacial score (nSPS) is 12.1. The van der Waals surface area contributed by atoms with Crippen LogP contribution in [0.3, 0.4) is 0 Å². The Balaban J connectivity index is 2.95. The van der Waals surface area contributed by atoms with Gasteiger partial charge in [-0.25, -0.2) is 4.98 Å². The van der Waals surface area contributed by atoms with Crippen LogP contribution in [0, 0.1) is 11.3 Å². The van der Waals surface area contributed by atoms with Crippen LogP contribution < -0.4 is 5.73 Å². The number of aliphatic hydroxyl groups excluding tert-OH is 1. The van der Waals surface area contributed by atoms with Crippen molar-refractivity contribution in [2.24, 2.45) is 5.73 Å². The number of nitriles is 1. The van der Waals surface area contributed by atoms with Crippen molar-refractivity contribution in [1.82, 2.24) is 4.98 Å². The molecule has 4 nitrogen and oxygen atoms in total. The predicted molar refractivity (Wildman–Crippen MR) is 43.0 cm³/mol. The first-order chi connectivity index (χ1) is 5.77. The van der Waals surface area contributed by atoms with Crippen LogP contribution in [-0.4, -0.2) is 16.7 Å². The first-order valence-electron chi connectivity index (χ1n) is 3.50. The van der Waals surface area contributed by atoms with E-state index in [4.69, 9.17) is 16.1 Å². The lowest BCUT2D eigenvalue weighted by molar-refractivity contribution is 0.268. The van der Waals surface area contributed by atoms with Crippen molar-refractivity contribution in [1.29, 1.82) is 5.26 Å². The summed E-state index contributed by atoms with van der Waals surface area (Å²) < 4.78 is 0. The molecule has 4 heteroatoms. The zero-order valence-electron chi connectivity index (χ0n) is 6.44. The molecule has 0 spiro atoms. The summed E-state index contributed by atoms with van der Waals surface area (Å²) in [7, 11) is 0. The maximum Gasteiger partial charge on any atom is 0.140 e. The first kappa shape index (κ1) is 8.65. The topological polar surface area (TPSA) is 82.9 Å². The number of hydrogen-bond acceptors (Lipinski definition) is 4. The molecular weight excluding hydrogens is 154 g/mol. The molecular formula is C8H9N3O. The van der Waals surface area contributed by atoms with E-state index in [-0.39, 0.29) is 6.61 Å². The van der Waals surface area contributed by atoms with Gasteiger partial charge in [0.15, 0.2) is 0 Å². The second-order valence-corrected chi connectivity index (χ2v) is 2.38. The number of nitrogens with two attached hydrogens (primary N) is 1. The van der Waals surface area contributed by atoms with Crippen LogP contribution in [-0.2, 0) is 0 Å². The largest absolute Gasteiger partial charge is 0.394 e. The molecule has 0 aliphatic rings. The molecule has 0 saturated heterocycles. The maximum atomic E-state index is 8.72. The Hall–Kier alpha value is -1.44. The zero-order chi connectivity index (χ0) is 8.97. The third-order valence-corrected chi connectivity index (χ3v) is 1.52. The lowest BCUT2D eigenvalue weighted by Crippen LogP contribution is -2.14. The van der Waals surface area contributed by atoms with Crippen LogP contribution in [0.25, 0.3) is 0 Å². The van der Waals surface area contributed by atoms with E-state index >= 15 is 0 Å². The lowest BCUT2D eigenvalue weighted by atomic mass is 10.1. The van der Waals surface area contributed by atoms with Gasteiger partial charge in [-0.15, -0.1) is 0 Å². The van der Waals surface area contributed by atoms with Crippen LogP contribution in [0.5, 0.6) is 0 Å². The van der Waals surface area contributed by atoms with Crippen molar-refractivity contribution >= 4 is 0 Å². The highest BCUT2D eigenvalue weighted by atomic mass is 16.3. The molecule has 1 aromatic rings. The fourth-order valence-corrected chi connectivity index (χ4v) is 0.844. The third kappa shape index (κ3) is 1.78. The average Bonchev–Trinajstić information content (AvgIpc) is 2.17. The molecule has 3 N–H and O–H groups in total. The summed E-state index contributed by atoms with van der Waals surface area (Å²) in [4.78, 5) is 3.78. The minimum absolute atomic E-state index is 0.130. The van der Waals surface area contributed by atoms with Crippen molar-refractivity contribution < 1.29 is 5.11 Å². The second kappa shape index (κ2) is 3.81. The SMILES string of the molecule is N#Cc1cc(C(N)CO)ccn1. The molecule has 0 bridgehead atoms. The monoisotopic (exact) mass is 163 g/mol. The Labute approximate surface area is 70.3 Å². The van der Waals surface area contributed by atoms with Gasteiger partial charge in [0.1, 0.15) is 11.8 Å². The Morgan fingerprint density at radius 3 is 3.08 bits per heavy atom. The lowest BCUT2D eigenvalue weighted by Gasteiger charge is -2.06. The molecule has 1 heterocycles. The molecule has 1 rings (SSSR count). The number of aliphatic hydroxyl groups is 1. The number of hydrogen-bond donors (Lipinski definition) is 2. The van der Waals surface area contributed by atoms with Crippen molar-refractivity contribution in [3.63, 3.8) is 0 Å². The quantitative estimate of drug-likeness (QED) is 0.640. The predicted octanol–water partition coefficient (Wildman–Crippen LogP) is -0.0546. The molecule has 1 atom stereocenters. The Morgan fingerprint density at radius 2 is 2.50 bits per heavy atom. The second-order valence-electron chi connectivity index (χ2n) is 2.38. The summed E-state index contributed by atoms with van der Waals surface area (Å²) in [6.45, 7) is -0.130. The molecule has 1 aromatic heterocycles. The van der Waals surface area contributed by atoms with Crippen molar-refractivity contribution in [2.45, 2.75) is 6.04 Å². The van der Waals surface area contributed by atoms with Crippen molar-refractivity contribution in [3.05, 3.63) is 29.6 Å². The van der Waals surface area contributed by atoms with E-state index in [1.807, 2.05) is 6.07 Å². The highest BCUT2D eigenvalue weighted by Crippen LogP contribution is 2.08. The van der Waals surface area contributed by atoms with Crippen LogP contribution in [0.4, 0.5) is 0 Å². The van der Waals surface area contributed by atoms with Gasteiger partial charge < -0.3 is 10.8 Å². The van der Waals surface area contributed by atoms with E-state index < -0.39 is 6.04 Å². The van der Waals surface area contributed by atoms with Gasteiger partial charge in [0.25, 0.3) is 0 Å². The van der Waals surface area contributed by atoms with Gasteiger partial charge in [0, 0.05) is 6.20 Å². The Morgan fingerprint density at radius 1 is 1.75 bits per heavy atom. The van der Waals surface area contributed by atoms with E-state index in [2.05, 4.69) is 4.98 Å². The van der Waals surface area contributed by atoms with Crippen molar-refractivity contribution in [3.8, 4) is 6.07 Å². The number of nitrogens with zero attached hydrogens (tertiary/aromatic N) is 2. The van der Waals surface area contributed by atoms with E-state index in [0.717, 1.165) is 5.56 Å². The molecule has 0 radical (unpaired) electrons. The third-order valence-electron chi connectivity index (χ3n) is 1.52. The van der Waals surface area contributed by atoms with Crippen LogP contribution in [0.2, 0.25) is 0 Å². The minimum Gasteiger partial charge on any atom is -0.394 e. The van der Waals surface area contributed by atoms with Crippen LogP contribution in [0.15, 0.2) is 18.3 Å². The molecule has 0 aromatic carbocycles. The summed E-state index contributed by atoms with van der Waals surface area (Å²) in [5, 5.41) is 17.2. The Kier molecular flexibility index (Phi) is 2.75. The standard InChI is InChI=1S/C8H9N3O/c9-4-7-3-6(1-2-11-7)8(10)5-12/h1-3,8,12H,5,10H2. The fraction of sp³-hybridized carbons (Fsp3) is 0.250. The summed E-state index contributed by atoms with van der Waals surface area (Å²) in [5.74, 6) is 0. The van der Waals surface area contributed by atoms with Crippen LogP contribution in [0.1, 0.15) is 17.3 Å². The average molecular weight is 163 g/mol. The van der Waals surface area contributed by atoms with E-state index in [1.165, 1.54) is 6.20 Å². The number of aromatic nitrogens is 1. The zero-order valence-corrected chi connectivity index (χ0v) is 6.44. The number of pyridine rings is 1. The van der Waals surface area contributed by atoms with E-state index in [1.54, 1.807) is 12.1 Å². The molecule has 12 heavy (non-hydrogen) atoms. The summed E-state index contributed by atoms with van der Waals surface area (Å²) in [5.41, 5.74) is 6.57. The summed E-state index contributed by atoms with van der Waals surface area (Å²) >= 11 is 0. The van der Waals surface area contributed by atoms with E-state index in [9.17, 15) is 0 Å². The minimum atomic E-state index is -0.430. The molecule has 62 valence electrons. The van der Waals surface area contributed by atoms with Gasteiger partial charge in [-0.05, 0) is 17.7 Å². The van der Waals surface area contributed by atoms with Gasteiger partial charge >= 0.3 is 0 Å². The van der Waals surface area contributed by atoms with Gasteiger partial charge in [-0.1, -0.05) is 0 Å². The molecule has 0 aliphatic carbocycles. The fourth-order valence-electron chi connectivity index (χ4n) is 0.844. The first-order valence-corrected chi connectivity index (χ1v) is 3.50. The molecule has 0 amide bonds. The Bertz CT molecular complexity index is 305. The molecule has 1 unspecified atom stereocenters. The number of rotatable bonds is 2. The highest BCUT2D eigenvalue weighted by molar-refractivity contribution is 5.27. The molecule has 0 fully saturated rings. The van der Waals surface area contributed by atoms with Gasteiger partial charge in [-0.2, -0.15) is 5.26 Å². The molecule has 0 aliphatic heterocycles. The van der Waals surface area contributed by atoms with Gasteiger partial charge in [0.05, 0.1) is 12.6 Å². The van der Waals surface area contributed by atoms with E-state index in [0.29, 0.717) is 5.69 Å². The highest BCUT2D eigenvalue weighted by Gasteiger charge is 2.04. The maximum absolute atomic E-state index is 8.72.